The van der Waals surface area contributed by atoms with Gasteiger partial charge in [-0.05, 0) is 46.1 Å². The molecule has 0 N–H and O–H groups in total. The lowest BCUT2D eigenvalue weighted by Gasteiger charge is -2.32. The lowest BCUT2D eigenvalue weighted by Crippen LogP contribution is -2.36. The van der Waals surface area contributed by atoms with Crippen LogP contribution in [-0.4, -0.2) is 49.6 Å². The summed E-state index contributed by atoms with van der Waals surface area (Å²) < 4.78 is 7.44. The van der Waals surface area contributed by atoms with Crippen LogP contribution in [-0.2, 0) is 13.1 Å². The van der Waals surface area contributed by atoms with Gasteiger partial charge < -0.3 is 4.74 Å². The maximum absolute atomic E-state index is 5.40. The second-order valence-electron chi connectivity index (χ2n) is 6.03. The molecule has 3 heterocycles. The highest BCUT2D eigenvalue weighted by molar-refractivity contribution is 7.13. The van der Waals surface area contributed by atoms with Crippen LogP contribution in [0.4, 0.5) is 0 Å². The Morgan fingerprint density at radius 1 is 1.30 bits per heavy atom. The smallest absolute Gasteiger partial charge is 0.294 e. The summed E-state index contributed by atoms with van der Waals surface area (Å²) in [5.74, 6) is 2.47. The van der Waals surface area contributed by atoms with Crippen LogP contribution < -0.4 is 4.74 Å². The minimum Gasteiger partial charge on any atom is -0.469 e. The minimum atomic E-state index is 0.614. The van der Waals surface area contributed by atoms with Crippen LogP contribution in [0, 0.1) is 19.8 Å². The van der Waals surface area contributed by atoms with Gasteiger partial charge in [0.1, 0.15) is 16.7 Å². The van der Waals surface area contributed by atoms with Gasteiger partial charge in [-0.1, -0.05) is 11.3 Å². The fourth-order valence-electron chi connectivity index (χ4n) is 3.10. The van der Waals surface area contributed by atoms with Gasteiger partial charge in [-0.15, -0.1) is 10.2 Å². The fraction of sp³-hybridized carbons (Fsp3) is 0.733. The molecular formula is C15H24N6OS. The first-order valence-electron chi connectivity index (χ1n) is 8.19. The number of piperidine rings is 1. The molecule has 0 amide bonds. The Balaban J connectivity index is 1.56. The molecule has 1 fully saturated rings. The first-order valence-corrected chi connectivity index (χ1v) is 9.01. The van der Waals surface area contributed by atoms with Gasteiger partial charge in [0, 0.05) is 13.1 Å². The Bertz CT molecular complexity index is 640. The lowest BCUT2D eigenvalue weighted by molar-refractivity contribution is 0.152. The molecule has 1 aliphatic heterocycles. The largest absolute Gasteiger partial charge is 0.469 e. The third-order valence-electron chi connectivity index (χ3n) is 4.07. The summed E-state index contributed by atoms with van der Waals surface area (Å²) in [4.78, 5) is 6.85. The molecule has 2 aromatic heterocycles. The molecule has 1 unspecified atom stereocenters. The van der Waals surface area contributed by atoms with E-state index in [1.807, 2.05) is 25.5 Å². The van der Waals surface area contributed by atoms with Crippen molar-refractivity contribution in [2.45, 2.75) is 46.7 Å². The van der Waals surface area contributed by atoms with Crippen molar-refractivity contribution in [3.63, 3.8) is 0 Å². The second-order valence-corrected chi connectivity index (χ2v) is 7.05. The number of hydrogen-bond acceptors (Lipinski definition) is 7. The third kappa shape index (κ3) is 4.26. The van der Waals surface area contributed by atoms with Gasteiger partial charge in [-0.3, -0.25) is 4.90 Å². The normalized spacial score (nSPS) is 19.2. The van der Waals surface area contributed by atoms with Crippen LogP contribution in [0.15, 0.2) is 0 Å². The van der Waals surface area contributed by atoms with Crippen molar-refractivity contribution < 1.29 is 4.74 Å². The summed E-state index contributed by atoms with van der Waals surface area (Å²) in [6, 6.07) is 0. The number of aromatic nitrogens is 5. The van der Waals surface area contributed by atoms with Crippen molar-refractivity contribution in [3.05, 3.63) is 16.7 Å². The Labute approximate surface area is 140 Å². The molecule has 1 saturated heterocycles. The Kier molecular flexibility index (Phi) is 5.22. The average molecular weight is 336 g/mol. The van der Waals surface area contributed by atoms with E-state index in [1.165, 1.54) is 12.8 Å². The molecule has 0 spiro atoms. The van der Waals surface area contributed by atoms with Crippen LogP contribution in [0.2, 0.25) is 0 Å². The van der Waals surface area contributed by atoms with E-state index in [0.717, 1.165) is 42.8 Å². The molecule has 3 rings (SSSR count). The average Bonchev–Trinajstić information content (AvgIpc) is 3.07. The van der Waals surface area contributed by atoms with Crippen molar-refractivity contribution in [3.8, 4) is 5.19 Å². The predicted octanol–water partition coefficient (Wildman–Crippen LogP) is 2.06. The Morgan fingerprint density at radius 3 is 2.91 bits per heavy atom. The van der Waals surface area contributed by atoms with E-state index in [1.54, 1.807) is 11.3 Å². The number of hydrogen-bond donors (Lipinski definition) is 0. The molecule has 126 valence electrons. The number of likely N-dealkylation sites (tertiary alicyclic amines) is 1. The van der Waals surface area contributed by atoms with E-state index < -0.39 is 0 Å². The molecular weight excluding hydrogens is 312 g/mol. The third-order valence-corrected chi connectivity index (χ3v) is 4.89. The number of ether oxygens (including phenoxy) is 1. The van der Waals surface area contributed by atoms with Crippen LogP contribution in [0.3, 0.4) is 0 Å². The minimum absolute atomic E-state index is 0.614. The van der Waals surface area contributed by atoms with E-state index in [4.69, 9.17) is 4.74 Å². The monoisotopic (exact) mass is 336 g/mol. The topological polar surface area (TPSA) is 69.0 Å². The molecule has 0 radical (unpaired) electrons. The van der Waals surface area contributed by atoms with Crippen LogP contribution >= 0.6 is 11.3 Å². The van der Waals surface area contributed by atoms with Gasteiger partial charge in [0.2, 0.25) is 0 Å². The zero-order valence-electron chi connectivity index (χ0n) is 14.0. The highest BCUT2D eigenvalue weighted by Crippen LogP contribution is 2.23. The van der Waals surface area contributed by atoms with Crippen molar-refractivity contribution in [2.75, 3.05) is 19.7 Å². The molecule has 2 aromatic rings. The zero-order valence-corrected chi connectivity index (χ0v) is 14.8. The molecule has 0 aliphatic carbocycles. The molecule has 0 bridgehead atoms. The van der Waals surface area contributed by atoms with Crippen molar-refractivity contribution in [1.82, 2.24) is 29.9 Å². The molecule has 1 atom stereocenters. The highest BCUT2D eigenvalue weighted by Gasteiger charge is 2.22. The number of rotatable bonds is 6. The van der Waals surface area contributed by atoms with E-state index in [2.05, 4.69) is 25.2 Å². The van der Waals surface area contributed by atoms with Crippen LogP contribution in [0.25, 0.3) is 0 Å². The predicted molar refractivity (Wildman–Crippen MR) is 88.6 cm³/mol. The van der Waals surface area contributed by atoms with Crippen molar-refractivity contribution >= 4 is 11.3 Å². The van der Waals surface area contributed by atoms with Crippen molar-refractivity contribution in [1.29, 1.82) is 0 Å². The van der Waals surface area contributed by atoms with E-state index >= 15 is 0 Å². The summed E-state index contributed by atoms with van der Waals surface area (Å²) in [6.07, 6.45) is 2.46. The Morgan fingerprint density at radius 2 is 2.17 bits per heavy atom. The molecule has 0 aromatic carbocycles. The SMILES string of the molecule is CCOc1nnc(CN2CCCC(Cn3nc(C)nc3C)C2)s1. The van der Waals surface area contributed by atoms with Crippen LogP contribution in [0.5, 0.6) is 5.19 Å². The van der Waals surface area contributed by atoms with Crippen molar-refractivity contribution in [2.24, 2.45) is 5.92 Å². The molecule has 0 saturated carbocycles. The second kappa shape index (κ2) is 7.35. The van der Waals surface area contributed by atoms with Gasteiger partial charge in [-0.2, -0.15) is 5.10 Å². The lowest BCUT2D eigenvalue weighted by atomic mass is 9.98. The highest BCUT2D eigenvalue weighted by atomic mass is 32.1. The molecule has 1 aliphatic rings. The fourth-order valence-corrected chi connectivity index (χ4v) is 3.89. The van der Waals surface area contributed by atoms with E-state index in [0.29, 0.717) is 17.7 Å². The summed E-state index contributed by atoms with van der Waals surface area (Å²) in [6.45, 7) is 10.6. The van der Waals surface area contributed by atoms with E-state index in [9.17, 15) is 0 Å². The zero-order chi connectivity index (χ0) is 16.2. The van der Waals surface area contributed by atoms with Gasteiger partial charge in [0.15, 0.2) is 0 Å². The quantitative estimate of drug-likeness (QED) is 0.804. The number of nitrogens with zero attached hydrogens (tertiary/aromatic N) is 6. The summed E-state index contributed by atoms with van der Waals surface area (Å²) in [5.41, 5.74) is 0. The molecule has 23 heavy (non-hydrogen) atoms. The van der Waals surface area contributed by atoms with Gasteiger partial charge in [0.05, 0.1) is 13.2 Å². The van der Waals surface area contributed by atoms with Gasteiger partial charge in [-0.25, -0.2) is 9.67 Å². The van der Waals surface area contributed by atoms with Gasteiger partial charge in [0.25, 0.3) is 5.19 Å². The summed E-state index contributed by atoms with van der Waals surface area (Å²) >= 11 is 1.55. The first-order chi connectivity index (χ1) is 11.1. The Hall–Kier alpha value is -1.54. The standard InChI is InChI=1S/C15H24N6OS/c1-4-22-15-18-17-14(23-15)10-20-7-5-6-13(8-20)9-21-12(3)16-11(2)19-21/h13H,4-10H2,1-3H3. The van der Waals surface area contributed by atoms with Crippen LogP contribution in [0.1, 0.15) is 36.4 Å². The summed E-state index contributed by atoms with van der Waals surface area (Å²) in [7, 11) is 0. The maximum Gasteiger partial charge on any atom is 0.294 e. The summed E-state index contributed by atoms with van der Waals surface area (Å²) in [5, 5.41) is 14.5. The first kappa shape index (κ1) is 16.3. The molecule has 7 nitrogen and oxygen atoms in total. The van der Waals surface area contributed by atoms with Gasteiger partial charge >= 0.3 is 0 Å². The molecule has 8 heteroatoms. The number of aryl methyl sites for hydroxylation is 2. The van der Waals surface area contributed by atoms with E-state index in [-0.39, 0.29) is 0 Å². The maximum atomic E-state index is 5.40.